The van der Waals surface area contributed by atoms with E-state index >= 15 is 4.39 Å². The van der Waals surface area contributed by atoms with Crippen molar-refractivity contribution in [1.82, 2.24) is 10.2 Å². The summed E-state index contributed by atoms with van der Waals surface area (Å²) in [5.74, 6) is -0.272. The second kappa shape index (κ2) is 9.14. The molecule has 2 aromatic carbocycles. The summed E-state index contributed by atoms with van der Waals surface area (Å²) in [7, 11) is 1.40. The number of likely N-dealkylation sites (tertiary alicyclic amines) is 1. The van der Waals surface area contributed by atoms with Crippen LogP contribution >= 0.6 is 0 Å². The highest BCUT2D eigenvalue weighted by atomic mass is 19.1. The molecule has 1 aliphatic heterocycles. The maximum absolute atomic E-state index is 15.0. The molecule has 2 aromatic rings. The van der Waals surface area contributed by atoms with E-state index in [9.17, 15) is 9.18 Å². The zero-order valence-electron chi connectivity index (χ0n) is 17.8. The molecule has 0 radical (unpaired) electrons. The van der Waals surface area contributed by atoms with Crippen molar-refractivity contribution in [1.29, 1.82) is 0 Å². The van der Waals surface area contributed by atoms with Crippen LogP contribution in [0, 0.1) is 24.5 Å². The average molecular weight is 427 g/mol. The van der Waals surface area contributed by atoms with Crippen molar-refractivity contribution in [2.45, 2.75) is 38.6 Å². The predicted octanol–water partition coefficient (Wildman–Crippen LogP) is 4.60. The first-order chi connectivity index (χ1) is 15.0. The molecule has 0 atom stereocenters. The molecular formula is C24H27F2N3O2. The van der Waals surface area contributed by atoms with Gasteiger partial charge in [-0.3, -0.25) is 4.79 Å². The van der Waals surface area contributed by atoms with Gasteiger partial charge in [0.15, 0.2) is 11.6 Å². The van der Waals surface area contributed by atoms with Crippen molar-refractivity contribution < 1.29 is 18.3 Å². The van der Waals surface area contributed by atoms with Crippen molar-refractivity contribution >= 4 is 17.9 Å². The molecule has 1 aliphatic carbocycles. The number of hydrogen-bond donors (Lipinski definition) is 1. The van der Waals surface area contributed by atoms with Gasteiger partial charge in [-0.05, 0) is 86.7 Å². The summed E-state index contributed by atoms with van der Waals surface area (Å²) in [5, 5.41) is 2.70. The molecule has 164 valence electrons. The van der Waals surface area contributed by atoms with Gasteiger partial charge < -0.3 is 15.0 Å². The van der Waals surface area contributed by atoms with Gasteiger partial charge in [0, 0.05) is 12.0 Å². The van der Waals surface area contributed by atoms with Gasteiger partial charge in [-0.2, -0.15) is 0 Å². The monoisotopic (exact) mass is 427 g/mol. The molecule has 1 amide bonds. The molecule has 7 heteroatoms. The molecule has 5 nitrogen and oxygen atoms in total. The Hall–Kier alpha value is -2.80. The van der Waals surface area contributed by atoms with E-state index < -0.39 is 11.6 Å². The molecule has 0 aromatic heterocycles. The lowest BCUT2D eigenvalue weighted by atomic mass is 9.95. The Morgan fingerprint density at radius 3 is 2.39 bits per heavy atom. The number of carbonyl (C=O) groups is 1. The maximum Gasteiger partial charge on any atom is 0.212 e. The number of nitrogens with zero attached hydrogens (tertiary/aromatic N) is 2. The first kappa shape index (κ1) is 21.4. The van der Waals surface area contributed by atoms with Gasteiger partial charge >= 0.3 is 0 Å². The van der Waals surface area contributed by atoms with Crippen LogP contribution in [0.1, 0.15) is 31.2 Å². The summed E-state index contributed by atoms with van der Waals surface area (Å²) in [4.78, 5) is 18.2. The van der Waals surface area contributed by atoms with Crippen LogP contribution in [-0.4, -0.2) is 43.4 Å². The third kappa shape index (κ3) is 4.77. The first-order valence-corrected chi connectivity index (χ1v) is 10.7. The van der Waals surface area contributed by atoms with E-state index in [-0.39, 0.29) is 17.4 Å². The molecule has 0 unspecified atom stereocenters. The largest absolute Gasteiger partial charge is 0.494 e. The van der Waals surface area contributed by atoms with Gasteiger partial charge in [-0.15, -0.1) is 0 Å². The van der Waals surface area contributed by atoms with E-state index in [1.807, 2.05) is 0 Å². The van der Waals surface area contributed by atoms with E-state index in [1.54, 1.807) is 19.1 Å². The number of nitrogens with one attached hydrogen (secondary N) is 1. The van der Waals surface area contributed by atoms with Gasteiger partial charge in [0.2, 0.25) is 6.41 Å². The Bertz CT molecular complexity index is 973. The summed E-state index contributed by atoms with van der Waals surface area (Å²) < 4.78 is 34.1. The van der Waals surface area contributed by atoms with Gasteiger partial charge in [-0.25, -0.2) is 13.8 Å². The van der Waals surface area contributed by atoms with Crippen LogP contribution < -0.4 is 10.1 Å². The van der Waals surface area contributed by atoms with Crippen molar-refractivity contribution in [3.8, 4) is 16.9 Å². The molecule has 4 rings (SSSR count). The summed E-state index contributed by atoms with van der Waals surface area (Å²) in [6, 6.07) is 8.37. The fraction of sp³-hybridized carbons (Fsp3) is 0.417. The fourth-order valence-corrected chi connectivity index (χ4v) is 4.29. The van der Waals surface area contributed by atoms with Gasteiger partial charge in [0.1, 0.15) is 17.3 Å². The lowest BCUT2D eigenvalue weighted by Gasteiger charge is -2.32. The number of aryl methyl sites for hydroxylation is 1. The third-order valence-corrected chi connectivity index (χ3v) is 6.16. The second-order valence-corrected chi connectivity index (χ2v) is 8.27. The smallest absolute Gasteiger partial charge is 0.212 e. The number of aliphatic imine (C=N–C) groups is 1. The zero-order valence-corrected chi connectivity index (χ0v) is 17.8. The van der Waals surface area contributed by atoms with E-state index in [4.69, 9.17) is 4.74 Å². The van der Waals surface area contributed by atoms with Gasteiger partial charge in [0.05, 0.1) is 7.11 Å². The Kier molecular flexibility index (Phi) is 6.32. The van der Waals surface area contributed by atoms with Gasteiger partial charge in [-0.1, -0.05) is 6.07 Å². The quantitative estimate of drug-likeness (QED) is 0.417. The van der Waals surface area contributed by atoms with Crippen LogP contribution in [0.4, 0.5) is 14.5 Å². The van der Waals surface area contributed by atoms with Crippen molar-refractivity contribution in [3.05, 3.63) is 47.5 Å². The van der Waals surface area contributed by atoms with Gasteiger partial charge in [0.25, 0.3) is 0 Å². The summed E-state index contributed by atoms with van der Waals surface area (Å²) >= 11 is 0. The van der Waals surface area contributed by atoms with Crippen LogP contribution in [-0.2, 0) is 4.79 Å². The zero-order chi connectivity index (χ0) is 22.0. The maximum atomic E-state index is 15.0. The SMILES string of the molecule is COc1ccc(-c2cc(C)c(/N=C(\NC=O)C3CCN(C4CC4)CC3)c(F)c2)cc1F. The number of carbonyl (C=O) groups excluding carboxylic acids is 1. The van der Waals surface area contributed by atoms with Crippen molar-refractivity contribution in [2.24, 2.45) is 10.9 Å². The Morgan fingerprint density at radius 2 is 1.81 bits per heavy atom. The number of amides is 1. The molecule has 1 saturated heterocycles. The van der Waals surface area contributed by atoms with E-state index in [1.165, 1.54) is 38.2 Å². The predicted molar refractivity (Wildman–Crippen MR) is 117 cm³/mol. The third-order valence-electron chi connectivity index (χ3n) is 6.16. The molecule has 2 fully saturated rings. The average Bonchev–Trinajstić information content (AvgIpc) is 3.61. The molecule has 2 aliphatic rings. The first-order valence-electron chi connectivity index (χ1n) is 10.7. The minimum absolute atomic E-state index is 0.0920. The van der Waals surface area contributed by atoms with E-state index in [0.29, 0.717) is 28.9 Å². The van der Waals surface area contributed by atoms with Crippen LogP contribution in [0.15, 0.2) is 35.3 Å². The number of halogens is 2. The molecule has 0 bridgehead atoms. The minimum atomic E-state index is -0.508. The standard InChI is InChI=1S/C24H27F2N3O2/c1-15-11-18(17-3-6-22(31-2)20(25)12-17)13-21(26)23(15)28-24(27-14-30)16-7-9-29(10-8-16)19-4-5-19/h3,6,11-14,16,19H,4-5,7-10H2,1-2H3,(H,27,28,30). The number of piperidine rings is 1. The summed E-state index contributed by atoms with van der Waals surface area (Å²) in [6.07, 6.45) is 4.92. The Balaban J connectivity index is 1.59. The normalized spacial score (nSPS) is 18.1. The van der Waals surface area contributed by atoms with Crippen LogP contribution in [0.2, 0.25) is 0 Å². The molecule has 1 N–H and O–H groups in total. The number of benzene rings is 2. The molecule has 0 spiro atoms. The number of rotatable bonds is 6. The Morgan fingerprint density at radius 1 is 1.10 bits per heavy atom. The fourth-order valence-electron chi connectivity index (χ4n) is 4.29. The molecule has 31 heavy (non-hydrogen) atoms. The lowest BCUT2D eigenvalue weighted by Crippen LogP contribution is -2.41. The van der Waals surface area contributed by atoms with Crippen molar-refractivity contribution in [3.63, 3.8) is 0 Å². The van der Waals surface area contributed by atoms with Crippen LogP contribution in [0.3, 0.4) is 0 Å². The van der Waals surface area contributed by atoms with E-state index in [0.717, 1.165) is 32.0 Å². The number of methoxy groups -OCH3 is 1. The summed E-state index contributed by atoms with van der Waals surface area (Å²) in [5.41, 5.74) is 1.92. The number of hydrogen-bond acceptors (Lipinski definition) is 4. The topological polar surface area (TPSA) is 53.9 Å². The molecule has 1 saturated carbocycles. The lowest BCUT2D eigenvalue weighted by molar-refractivity contribution is -0.108. The molecule has 1 heterocycles. The minimum Gasteiger partial charge on any atom is -0.494 e. The number of amidine groups is 1. The van der Waals surface area contributed by atoms with E-state index in [2.05, 4.69) is 15.2 Å². The highest BCUT2D eigenvalue weighted by molar-refractivity contribution is 5.94. The van der Waals surface area contributed by atoms with Crippen LogP contribution in [0.5, 0.6) is 5.75 Å². The summed E-state index contributed by atoms with van der Waals surface area (Å²) in [6.45, 7) is 3.70. The highest BCUT2D eigenvalue weighted by Gasteiger charge is 2.33. The number of ether oxygens (including phenoxy) is 1. The van der Waals surface area contributed by atoms with Crippen LogP contribution in [0.25, 0.3) is 11.1 Å². The van der Waals surface area contributed by atoms with Crippen molar-refractivity contribution in [2.75, 3.05) is 20.2 Å². The molecular weight excluding hydrogens is 400 g/mol. The Labute approximate surface area is 181 Å². The second-order valence-electron chi connectivity index (χ2n) is 8.27. The highest BCUT2D eigenvalue weighted by Crippen LogP contribution is 2.34.